The van der Waals surface area contributed by atoms with Crippen molar-refractivity contribution >= 4 is 11.8 Å². The van der Waals surface area contributed by atoms with Crippen molar-refractivity contribution in [3.63, 3.8) is 0 Å². The van der Waals surface area contributed by atoms with E-state index in [-0.39, 0.29) is 11.0 Å². The molecule has 4 heteroatoms. The normalized spacial score (nSPS) is 17.3. The van der Waals surface area contributed by atoms with Gasteiger partial charge in [0.1, 0.15) is 0 Å². The molecule has 2 aliphatic carbocycles. The van der Waals surface area contributed by atoms with Gasteiger partial charge in [-0.25, -0.2) is 4.98 Å². The van der Waals surface area contributed by atoms with Gasteiger partial charge in [0.05, 0.1) is 11.3 Å². The highest BCUT2D eigenvalue weighted by Gasteiger charge is 2.44. The zero-order valence-corrected chi connectivity index (χ0v) is 17.6. The van der Waals surface area contributed by atoms with Gasteiger partial charge >= 0.3 is 0 Å². The van der Waals surface area contributed by atoms with Crippen LogP contribution in [0.3, 0.4) is 0 Å². The van der Waals surface area contributed by atoms with Gasteiger partial charge in [-0.1, -0.05) is 69.6 Å². The predicted octanol–water partition coefficient (Wildman–Crippen LogP) is 5.44. The summed E-state index contributed by atoms with van der Waals surface area (Å²) in [7, 11) is 0. The molecule has 1 fully saturated rings. The molecular formula is C23H30N2OS. The van der Waals surface area contributed by atoms with Crippen LogP contribution in [0.25, 0.3) is 11.3 Å². The summed E-state index contributed by atoms with van der Waals surface area (Å²) in [5, 5.41) is 0.902. The molecule has 2 aliphatic rings. The number of benzene rings is 1. The van der Waals surface area contributed by atoms with Crippen molar-refractivity contribution in [2.24, 2.45) is 5.92 Å². The van der Waals surface area contributed by atoms with E-state index in [2.05, 4.69) is 45.0 Å². The highest BCUT2D eigenvalue weighted by molar-refractivity contribution is 7.99. The number of nitrogens with zero attached hydrogens (tertiary/aromatic N) is 2. The molecule has 0 amide bonds. The minimum atomic E-state index is 0.000449. The van der Waals surface area contributed by atoms with E-state index in [1.54, 1.807) is 11.8 Å². The van der Waals surface area contributed by atoms with Gasteiger partial charge in [-0.15, -0.1) is 0 Å². The monoisotopic (exact) mass is 382 g/mol. The van der Waals surface area contributed by atoms with E-state index in [0.717, 1.165) is 54.4 Å². The maximum Gasteiger partial charge on any atom is 0.258 e. The molecule has 1 aromatic carbocycles. The molecule has 0 aliphatic heterocycles. The molecule has 1 saturated carbocycles. The molecule has 1 heterocycles. The summed E-state index contributed by atoms with van der Waals surface area (Å²) >= 11 is 1.73. The minimum Gasteiger partial charge on any atom is -0.287 e. The number of thioether (sulfide) groups is 1. The first-order valence-corrected chi connectivity index (χ1v) is 11.4. The lowest BCUT2D eigenvalue weighted by Crippen LogP contribution is -2.40. The van der Waals surface area contributed by atoms with Gasteiger partial charge in [0.25, 0.3) is 5.56 Å². The number of hydrogen-bond donors (Lipinski definition) is 0. The second kappa shape index (κ2) is 7.46. The van der Waals surface area contributed by atoms with Gasteiger partial charge in [-0.3, -0.25) is 9.36 Å². The Kier molecular flexibility index (Phi) is 5.19. The van der Waals surface area contributed by atoms with Crippen LogP contribution in [0.4, 0.5) is 0 Å². The van der Waals surface area contributed by atoms with Crippen LogP contribution in [-0.4, -0.2) is 15.3 Å². The maximum atomic E-state index is 13.8. The Hall–Kier alpha value is -1.55. The maximum absolute atomic E-state index is 13.8. The van der Waals surface area contributed by atoms with Gasteiger partial charge < -0.3 is 0 Å². The fourth-order valence-electron chi connectivity index (χ4n) is 4.87. The lowest BCUT2D eigenvalue weighted by Gasteiger charge is -2.36. The molecule has 0 saturated heterocycles. The number of hydrogen-bond acceptors (Lipinski definition) is 3. The zero-order chi connectivity index (χ0) is 19.0. The van der Waals surface area contributed by atoms with Crippen LogP contribution >= 0.6 is 11.8 Å². The summed E-state index contributed by atoms with van der Waals surface area (Å²) in [5.74, 6) is 1.43. The van der Waals surface area contributed by atoms with Crippen LogP contribution in [0.15, 0.2) is 34.2 Å². The highest BCUT2D eigenvalue weighted by Crippen LogP contribution is 2.49. The van der Waals surface area contributed by atoms with Crippen molar-refractivity contribution in [1.82, 2.24) is 9.55 Å². The molecule has 1 aromatic heterocycles. The van der Waals surface area contributed by atoms with E-state index in [9.17, 15) is 4.79 Å². The third-order valence-corrected chi connectivity index (χ3v) is 7.19. The van der Waals surface area contributed by atoms with Gasteiger partial charge in [-0.05, 0) is 37.2 Å². The van der Waals surface area contributed by atoms with Gasteiger partial charge in [0, 0.05) is 23.3 Å². The molecule has 3 nitrogen and oxygen atoms in total. The first-order valence-electron chi connectivity index (χ1n) is 10.4. The van der Waals surface area contributed by atoms with Crippen molar-refractivity contribution in [2.45, 2.75) is 76.4 Å². The number of aromatic nitrogens is 2. The topological polar surface area (TPSA) is 34.9 Å². The third-order valence-electron chi connectivity index (χ3n) is 6.01. The first-order chi connectivity index (χ1) is 13.1. The van der Waals surface area contributed by atoms with Crippen molar-refractivity contribution < 1.29 is 0 Å². The lowest BCUT2D eigenvalue weighted by molar-refractivity contribution is 0.404. The molecule has 2 aromatic rings. The summed E-state index contributed by atoms with van der Waals surface area (Å²) in [6, 6.07) is 8.59. The van der Waals surface area contributed by atoms with E-state index >= 15 is 0 Å². The lowest BCUT2D eigenvalue weighted by atomic mass is 9.68. The Balaban J connectivity index is 1.98. The third kappa shape index (κ3) is 3.26. The fourth-order valence-corrected chi connectivity index (χ4v) is 5.73. The summed E-state index contributed by atoms with van der Waals surface area (Å²) < 4.78 is 1.98. The van der Waals surface area contributed by atoms with Gasteiger partial charge in [-0.2, -0.15) is 0 Å². The van der Waals surface area contributed by atoms with Crippen LogP contribution in [-0.2, 0) is 18.4 Å². The largest absolute Gasteiger partial charge is 0.287 e. The van der Waals surface area contributed by atoms with Crippen molar-refractivity contribution in [3.05, 3.63) is 45.7 Å². The Bertz CT molecular complexity index is 894. The summed E-state index contributed by atoms with van der Waals surface area (Å²) in [5.41, 5.74) is 4.76. The summed E-state index contributed by atoms with van der Waals surface area (Å²) in [6.45, 7) is 7.30. The van der Waals surface area contributed by atoms with E-state index in [0.29, 0.717) is 5.92 Å². The average Bonchev–Trinajstić information content (AvgIpc) is 3.10. The zero-order valence-electron chi connectivity index (χ0n) is 16.8. The van der Waals surface area contributed by atoms with Crippen LogP contribution in [0, 0.1) is 5.92 Å². The molecular weight excluding hydrogens is 352 g/mol. The number of fused-ring (bicyclic) bond motifs is 4. The molecule has 0 N–H and O–H groups in total. The smallest absolute Gasteiger partial charge is 0.258 e. The fraction of sp³-hybridized carbons (Fsp3) is 0.565. The molecule has 0 radical (unpaired) electrons. The molecule has 4 rings (SSSR count). The highest BCUT2D eigenvalue weighted by atomic mass is 32.2. The molecule has 144 valence electrons. The molecule has 27 heavy (non-hydrogen) atoms. The van der Waals surface area contributed by atoms with Crippen molar-refractivity contribution in [2.75, 3.05) is 5.75 Å². The van der Waals surface area contributed by atoms with Crippen molar-refractivity contribution in [1.29, 1.82) is 0 Å². The second-order valence-electron chi connectivity index (χ2n) is 8.60. The van der Waals surface area contributed by atoms with E-state index in [1.807, 2.05) is 4.57 Å². The van der Waals surface area contributed by atoms with Crippen LogP contribution < -0.4 is 5.56 Å². The predicted molar refractivity (Wildman–Crippen MR) is 114 cm³/mol. The Morgan fingerprint density at radius 2 is 1.96 bits per heavy atom. The van der Waals surface area contributed by atoms with E-state index in [1.165, 1.54) is 24.0 Å². The van der Waals surface area contributed by atoms with Gasteiger partial charge in [0.15, 0.2) is 5.16 Å². The average molecular weight is 383 g/mol. The van der Waals surface area contributed by atoms with Crippen LogP contribution in [0.1, 0.15) is 64.0 Å². The standard InChI is InChI=1S/C23H30N2OS/c1-4-13-27-22-24-20-18-10-6-5-9-17(18)14-23(11-7-8-12-23)19(20)21(26)25(22)15-16(2)3/h5-6,9-10,16H,4,7-8,11-15H2,1-3H3. The van der Waals surface area contributed by atoms with Gasteiger partial charge in [0.2, 0.25) is 0 Å². The number of rotatable bonds is 5. The van der Waals surface area contributed by atoms with Crippen LogP contribution in [0.2, 0.25) is 0 Å². The van der Waals surface area contributed by atoms with E-state index < -0.39 is 0 Å². The molecule has 0 atom stereocenters. The summed E-state index contributed by atoms with van der Waals surface area (Å²) in [6.07, 6.45) is 6.76. The van der Waals surface area contributed by atoms with Crippen LogP contribution in [0.5, 0.6) is 0 Å². The Morgan fingerprint density at radius 3 is 2.67 bits per heavy atom. The second-order valence-corrected chi connectivity index (χ2v) is 9.66. The van der Waals surface area contributed by atoms with E-state index in [4.69, 9.17) is 4.98 Å². The Morgan fingerprint density at radius 1 is 1.22 bits per heavy atom. The molecule has 0 bridgehead atoms. The molecule has 1 spiro atoms. The Labute approximate surface area is 166 Å². The quantitative estimate of drug-likeness (QED) is 0.510. The van der Waals surface area contributed by atoms with Crippen molar-refractivity contribution in [3.8, 4) is 11.3 Å². The minimum absolute atomic E-state index is 0.000449. The molecule has 0 unspecified atom stereocenters. The summed E-state index contributed by atoms with van der Waals surface area (Å²) in [4.78, 5) is 19.0. The first kappa shape index (κ1) is 18.8. The SMILES string of the molecule is CCCSc1nc2c(c(=O)n1CC(C)C)C1(CCCC1)Cc1ccccc1-2.